The molecule has 0 amide bonds. The molecule has 7 nitrogen and oxygen atoms in total. The van der Waals surface area contributed by atoms with Gasteiger partial charge in [0.25, 0.3) is 0 Å². The maximum atomic E-state index is 5.43. The van der Waals surface area contributed by atoms with Crippen LogP contribution in [-0.4, -0.2) is 60.9 Å². The van der Waals surface area contributed by atoms with Gasteiger partial charge in [0.1, 0.15) is 5.82 Å². The number of rotatable bonds is 7. The summed E-state index contributed by atoms with van der Waals surface area (Å²) in [5, 5.41) is 7.73. The third kappa shape index (κ3) is 3.71. The Balaban J connectivity index is 1.99. The maximum absolute atomic E-state index is 5.43. The Morgan fingerprint density at radius 3 is 2.73 bits per heavy atom. The third-order valence-corrected chi connectivity index (χ3v) is 4.34. The number of ether oxygens (including phenoxy) is 2. The second-order valence-corrected chi connectivity index (χ2v) is 6.58. The molecule has 0 aliphatic carbocycles. The van der Waals surface area contributed by atoms with Gasteiger partial charge in [-0.25, -0.2) is 9.50 Å². The molecule has 1 N–H and O–H groups in total. The van der Waals surface area contributed by atoms with Gasteiger partial charge in [-0.3, -0.25) is 0 Å². The molecule has 3 aromatic rings. The molecular formula is C18H23N5O2S. The molecule has 0 fully saturated rings. The van der Waals surface area contributed by atoms with E-state index in [2.05, 4.69) is 27.9 Å². The summed E-state index contributed by atoms with van der Waals surface area (Å²) in [6.45, 7) is 1.74. The van der Waals surface area contributed by atoms with Crippen LogP contribution in [0.2, 0.25) is 0 Å². The summed E-state index contributed by atoms with van der Waals surface area (Å²) in [7, 11) is 7.29. The van der Waals surface area contributed by atoms with Crippen LogP contribution < -0.4 is 14.8 Å². The summed E-state index contributed by atoms with van der Waals surface area (Å²) >= 11 is 4.51. The van der Waals surface area contributed by atoms with Gasteiger partial charge >= 0.3 is 0 Å². The lowest BCUT2D eigenvalue weighted by Crippen LogP contribution is -2.21. The standard InChI is InChI=1S/C18H23N5O2S/c1-22(2)8-6-19-16-5-7-23-18(21-16)13(11-20-23)12-9-14(24-3)17(25-4)15(26)10-12/h5,7,9-11,26H,6,8H2,1-4H3,(H,19,21). The summed E-state index contributed by atoms with van der Waals surface area (Å²) in [6.07, 6.45) is 3.69. The van der Waals surface area contributed by atoms with E-state index in [4.69, 9.17) is 14.5 Å². The van der Waals surface area contributed by atoms with Gasteiger partial charge in [-0.15, -0.1) is 12.6 Å². The van der Waals surface area contributed by atoms with E-state index < -0.39 is 0 Å². The van der Waals surface area contributed by atoms with Crippen molar-refractivity contribution in [3.05, 3.63) is 30.6 Å². The number of thiol groups is 1. The molecule has 0 aliphatic heterocycles. The van der Waals surface area contributed by atoms with Gasteiger partial charge in [0.05, 0.1) is 25.3 Å². The molecule has 0 spiro atoms. The van der Waals surface area contributed by atoms with E-state index in [-0.39, 0.29) is 0 Å². The van der Waals surface area contributed by atoms with Crippen molar-refractivity contribution in [2.24, 2.45) is 0 Å². The first-order valence-corrected chi connectivity index (χ1v) is 8.66. The Morgan fingerprint density at radius 2 is 2.04 bits per heavy atom. The van der Waals surface area contributed by atoms with Gasteiger partial charge in [-0.1, -0.05) is 0 Å². The number of fused-ring (bicyclic) bond motifs is 1. The predicted molar refractivity (Wildman–Crippen MR) is 106 cm³/mol. The van der Waals surface area contributed by atoms with Gasteiger partial charge in [-0.05, 0) is 37.9 Å². The van der Waals surface area contributed by atoms with Gasteiger partial charge in [-0.2, -0.15) is 5.10 Å². The summed E-state index contributed by atoms with van der Waals surface area (Å²) in [6, 6.07) is 5.75. The number of nitrogens with zero attached hydrogens (tertiary/aromatic N) is 4. The van der Waals surface area contributed by atoms with Crippen LogP contribution in [0.4, 0.5) is 5.82 Å². The SMILES string of the molecule is COc1cc(-c2cnn3ccc(NCCN(C)C)nc23)cc(S)c1OC. The number of hydrogen-bond donors (Lipinski definition) is 2. The van der Waals surface area contributed by atoms with Crippen LogP contribution in [0.25, 0.3) is 16.8 Å². The minimum Gasteiger partial charge on any atom is -0.493 e. The van der Waals surface area contributed by atoms with E-state index in [1.165, 1.54) is 0 Å². The minimum absolute atomic E-state index is 0.607. The first kappa shape index (κ1) is 18.3. The molecule has 0 saturated carbocycles. The summed E-state index contributed by atoms with van der Waals surface area (Å²) < 4.78 is 12.5. The zero-order chi connectivity index (χ0) is 18.7. The average Bonchev–Trinajstić information content (AvgIpc) is 3.04. The number of nitrogens with one attached hydrogen (secondary N) is 1. The summed E-state index contributed by atoms with van der Waals surface area (Å²) in [5.41, 5.74) is 2.58. The van der Waals surface area contributed by atoms with E-state index in [1.54, 1.807) is 24.9 Å². The van der Waals surface area contributed by atoms with Gasteiger partial charge < -0.3 is 19.7 Å². The van der Waals surface area contributed by atoms with E-state index in [0.29, 0.717) is 16.4 Å². The van der Waals surface area contributed by atoms with E-state index in [0.717, 1.165) is 35.7 Å². The molecule has 2 aromatic heterocycles. The summed E-state index contributed by atoms with van der Waals surface area (Å²) in [5.74, 6) is 2.04. The Labute approximate surface area is 158 Å². The normalized spacial score (nSPS) is 11.2. The van der Waals surface area contributed by atoms with Crippen molar-refractivity contribution in [1.29, 1.82) is 0 Å². The lowest BCUT2D eigenvalue weighted by atomic mass is 10.1. The van der Waals surface area contributed by atoms with Crippen molar-refractivity contribution >= 4 is 24.1 Å². The molecule has 0 unspecified atom stereocenters. The molecule has 0 saturated heterocycles. The molecule has 138 valence electrons. The zero-order valence-electron chi connectivity index (χ0n) is 15.4. The van der Waals surface area contributed by atoms with Crippen LogP contribution in [0.1, 0.15) is 0 Å². The summed E-state index contributed by atoms with van der Waals surface area (Å²) in [4.78, 5) is 7.52. The highest BCUT2D eigenvalue weighted by Crippen LogP contribution is 2.39. The second-order valence-electron chi connectivity index (χ2n) is 6.10. The van der Waals surface area contributed by atoms with Gasteiger partial charge in [0, 0.05) is 24.8 Å². The van der Waals surface area contributed by atoms with Crippen molar-refractivity contribution in [1.82, 2.24) is 19.5 Å². The first-order valence-electron chi connectivity index (χ1n) is 8.22. The van der Waals surface area contributed by atoms with Crippen LogP contribution in [0.3, 0.4) is 0 Å². The highest BCUT2D eigenvalue weighted by Gasteiger charge is 2.15. The van der Waals surface area contributed by atoms with Gasteiger partial charge in [0.15, 0.2) is 17.1 Å². The third-order valence-electron chi connectivity index (χ3n) is 4.00. The highest BCUT2D eigenvalue weighted by atomic mass is 32.1. The second kappa shape index (κ2) is 7.84. The molecule has 0 radical (unpaired) electrons. The minimum atomic E-state index is 0.607. The monoisotopic (exact) mass is 373 g/mol. The van der Waals surface area contributed by atoms with Crippen LogP contribution in [0, 0.1) is 0 Å². The van der Waals surface area contributed by atoms with Crippen LogP contribution >= 0.6 is 12.6 Å². The largest absolute Gasteiger partial charge is 0.493 e. The lowest BCUT2D eigenvalue weighted by Gasteiger charge is -2.12. The van der Waals surface area contributed by atoms with Crippen LogP contribution in [-0.2, 0) is 0 Å². The van der Waals surface area contributed by atoms with Crippen molar-refractivity contribution in [3.63, 3.8) is 0 Å². The van der Waals surface area contributed by atoms with Crippen molar-refractivity contribution in [2.75, 3.05) is 46.7 Å². The maximum Gasteiger partial charge on any atom is 0.174 e. The van der Waals surface area contributed by atoms with Gasteiger partial charge in [0.2, 0.25) is 0 Å². The number of hydrogen-bond acceptors (Lipinski definition) is 7. The number of aromatic nitrogens is 3. The van der Waals surface area contributed by atoms with E-state index >= 15 is 0 Å². The number of anilines is 1. The molecule has 2 heterocycles. The average molecular weight is 373 g/mol. The number of likely N-dealkylation sites (N-methyl/N-ethyl adjacent to an activating group) is 1. The van der Waals surface area contributed by atoms with Crippen LogP contribution in [0.5, 0.6) is 11.5 Å². The fourth-order valence-electron chi connectivity index (χ4n) is 2.68. The van der Waals surface area contributed by atoms with Crippen molar-refractivity contribution in [2.45, 2.75) is 4.90 Å². The molecule has 3 rings (SSSR count). The molecule has 1 aromatic carbocycles. The molecule has 0 bridgehead atoms. The number of methoxy groups -OCH3 is 2. The highest BCUT2D eigenvalue weighted by molar-refractivity contribution is 7.80. The predicted octanol–water partition coefficient (Wildman–Crippen LogP) is 2.68. The molecule has 8 heteroatoms. The fraction of sp³-hybridized carbons (Fsp3) is 0.333. The Hall–Kier alpha value is -2.45. The van der Waals surface area contributed by atoms with Crippen LogP contribution in [0.15, 0.2) is 35.5 Å². The Kier molecular flexibility index (Phi) is 5.53. The Bertz CT molecular complexity index is 910. The lowest BCUT2D eigenvalue weighted by molar-refractivity contribution is 0.348. The van der Waals surface area contributed by atoms with Crippen molar-refractivity contribution in [3.8, 4) is 22.6 Å². The molecule has 0 aliphatic rings. The Morgan fingerprint density at radius 1 is 1.23 bits per heavy atom. The van der Waals surface area contributed by atoms with Crippen molar-refractivity contribution < 1.29 is 9.47 Å². The van der Waals surface area contributed by atoms with E-state index in [9.17, 15) is 0 Å². The fourth-order valence-corrected chi connectivity index (χ4v) is 3.02. The molecular weight excluding hydrogens is 350 g/mol. The first-order chi connectivity index (χ1) is 12.5. The quantitative estimate of drug-likeness (QED) is 0.621. The van der Waals surface area contributed by atoms with E-state index in [1.807, 2.05) is 38.5 Å². The topological polar surface area (TPSA) is 63.9 Å². The molecule has 26 heavy (non-hydrogen) atoms. The zero-order valence-corrected chi connectivity index (χ0v) is 16.2. The molecule has 0 atom stereocenters. The number of benzene rings is 1. The smallest absolute Gasteiger partial charge is 0.174 e.